The Morgan fingerprint density at radius 1 is 1.05 bits per heavy atom. The van der Waals surface area contributed by atoms with Crippen LogP contribution in [0.5, 0.6) is 0 Å². The van der Waals surface area contributed by atoms with Gasteiger partial charge in [0.25, 0.3) is 0 Å². The Bertz CT molecular complexity index is 649. The van der Waals surface area contributed by atoms with Gasteiger partial charge in [-0.3, -0.25) is 0 Å². The smallest absolute Gasteiger partial charge is 0.126 e. The molecular weight excluding hydrogens is 242 g/mol. The molecule has 0 atom stereocenters. The highest BCUT2D eigenvalue weighted by atomic mass is 19.1. The van der Waals surface area contributed by atoms with E-state index < -0.39 is 11.6 Å². The molecule has 0 amide bonds. The molecule has 0 aliphatic heterocycles. The van der Waals surface area contributed by atoms with E-state index in [9.17, 15) is 8.78 Å². The van der Waals surface area contributed by atoms with Crippen molar-refractivity contribution in [1.82, 2.24) is 0 Å². The number of fused-ring (bicyclic) bond motifs is 1. The number of allylic oxidation sites excluding steroid dienone is 1. The van der Waals surface area contributed by atoms with Crippen LogP contribution in [0.1, 0.15) is 24.5 Å². The molecule has 19 heavy (non-hydrogen) atoms. The van der Waals surface area contributed by atoms with Gasteiger partial charge in [-0.1, -0.05) is 36.8 Å². The zero-order valence-corrected chi connectivity index (χ0v) is 10.7. The first kappa shape index (κ1) is 12.1. The van der Waals surface area contributed by atoms with Crippen LogP contribution in [0, 0.1) is 11.6 Å². The molecule has 0 heterocycles. The molecule has 1 aliphatic rings. The van der Waals surface area contributed by atoms with Gasteiger partial charge in [-0.05, 0) is 47.2 Å². The van der Waals surface area contributed by atoms with Crippen molar-refractivity contribution in [2.45, 2.75) is 19.8 Å². The molecule has 0 saturated heterocycles. The quantitative estimate of drug-likeness (QED) is 0.710. The second kappa shape index (κ2) is 4.61. The van der Waals surface area contributed by atoms with E-state index in [0.717, 1.165) is 30.0 Å². The minimum absolute atomic E-state index is 0.537. The average Bonchev–Trinajstić information content (AvgIpc) is 2.80. The Hall–Kier alpha value is -1.96. The zero-order valence-electron chi connectivity index (χ0n) is 10.7. The molecular formula is C17H14F2. The summed E-state index contributed by atoms with van der Waals surface area (Å²) in [5.74, 6) is -1.07. The van der Waals surface area contributed by atoms with E-state index in [1.54, 1.807) is 0 Å². The summed E-state index contributed by atoms with van der Waals surface area (Å²) in [5, 5.41) is 0. The SMILES string of the molecule is CCC1=Cc2c(cccc2-c2cc(F)cc(F)c2)C1. The van der Waals surface area contributed by atoms with Crippen molar-refractivity contribution in [2.75, 3.05) is 0 Å². The van der Waals surface area contributed by atoms with Gasteiger partial charge in [-0.15, -0.1) is 0 Å². The monoisotopic (exact) mass is 256 g/mol. The highest BCUT2D eigenvalue weighted by molar-refractivity contribution is 5.80. The molecule has 0 N–H and O–H groups in total. The van der Waals surface area contributed by atoms with Crippen LogP contribution in [0.4, 0.5) is 8.78 Å². The van der Waals surface area contributed by atoms with Gasteiger partial charge >= 0.3 is 0 Å². The number of halogens is 2. The molecule has 2 aromatic carbocycles. The normalized spacial score (nSPS) is 13.3. The van der Waals surface area contributed by atoms with Gasteiger partial charge < -0.3 is 0 Å². The average molecular weight is 256 g/mol. The van der Waals surface area contributed by atoms with Crippen LogP contribution in [0.3, 0.4) is 0 Å². The Kier molecular flexibility index (Phi) is 2.94. The predicted molar refractivity (Wildman–Crippen MR) is 73.8 cm³/mol. The van der Waals surface area contributed by atoms with Crippen LogP contribution in [-0.2, 0) is 6.42 Å². The van der Waals surface area contributed by atoms with Crippen molar-refractivity contribution in [3.63, 3.8) is 0 Å². The lowest BCUT2D eigenvalue weighted by molar-refractivity contribution is 0.584. The summed E-state index contributed by atoms with van der Waals surface area (Å²) < 4.78 is 26.7. The fourth-order valence-corrected chi connectivity index (χ4v) is 2.63. The third-order valence-electron chi connectivity index (χ3n) is 3.59. The lowest BCUT2D eigenvalue weighted by atomic mass is 9.97. The molecule has 0 saturated carbocycles. The molecule has 2 aromatic rings. The van der Waals surface area contributed by atoms with Gasteiger partial charge in [0.1, 0.15) is 11.6 Å². The Balaban J connectivity index is 2.17. The molecule has 0 fully saturated rings. The van der Waals surface area contributed by atoms with Crippen molar-refractivity contribution < 1.29 is 8.78 Å². The molecule has 1 aliphatic carbocycles. The molecule has 2 heteroatoms. The zero-order chi connectivity index (χ0) is 13.4. The number of rotatable bonds is 2. The molecule has 0 bridgehead atoms. The number of benzene rings is 2. The van der Waals surface area contributed by atoms with Gasteiger partial charge in [-0.25, -0.2) is 8.78 Å². The Labute approximate surface area is 111 Å². The first-order valence-electron chi connectivity index (χ1n) is 6.45. The van der Waals surface area contributed by atoms with Crippen molar-refractivity contribution in [1.29, 1.82) is 0 Å². The molecule has 0 spiro atoms. The van der Waals surface area contributed by atoms with Gasteiger partial charge in [0.15, 0.2) is 0 Å². The summed E-state index contributed by atoms with van der Waals surface area (Å²) in [6.07, 6.45) is 4.09. The van der Waals surface area contributed by atoms with Crippen molar-refractivity contribution in [2.24, 2.45) is 0 Å². The summed E-state index contributed by atoms with van der Waals surface area (Å²) in [6.45, 7) is 2.12. The van der Waals surface area contributed by atoms with E-state index in [2.05, 4.69) is 19.1 Å². The first-order chi connectivity index (χ1) is 9.17. The minimum Gasteiger partial charge on any atom is -0.207 e. The van der Waals surface area contributed by atoms with Gasteiger partial charge in [0.2, 0.25) is 0 Å². The van der Waals surface area contributed by atoms with E-state index in [1.165, 1.54) is 23.3 Å². The summed E-state index contributed by atoms with van der Waals surface area (Å²) in [5.41, 5.74) is 5.20. The first-order valence-corrected chi connectivity index (χ1v) is 6.45. The second-order valence-corrected chi connectivity index (χ2v) is 4.87. The topological polar surface area (TPSA) is 0 Å². The van der Waals surface area contributed by atoms with E-state index >= 15 is 0 Å². The highest BCUT2D eigenvalue weighted by Crippen LogP contribution is 2.35. The van der Waals surface area contributed by atoms with Gasteiger partial charge in [0.05, 0.1) is 0 Å². The van der Waals surface area contributed by atoms with E-state index in [1.807, 2.05) is 12.1 Å². The lowest BCUT2D eigenvalue weighted by Gasteiger charge is -2.08. The van der Waals surface area contributed by atoms with Crippen LogP contribution in [0.25, 0.3) is 17.2 Å². The summed E-state index contributed by atoms with van der Waals surface area (Å²) in [6, 6.07) is 9.62. The lowest BCUT2D eigenvalue weighted by Crippen LogP contribution is -1.89. The van der Waals surface area contributed by atoms with Gasteiger partial charge in [0, 0.05) is 6.07 Å². The molecule has 0 aromatic heterocycles. The maximum absolute atomic E-state index is 13.4. The van der Waals surface area contributed by atoms with E-state index in [4.69, 9.17) is 0 Å². The Morgan fingerprint density at radius 2 is 1.79 bits per heavy atom. The van der Waals surface area contributed by atoms with Crippen molar-refractivity contribution in [3.8, 4) is 11.1 Å². The summed E-state index contributed by atoms with van der Waals surface area (Å²) in [7, 11) is 0. The predicted octanol–water partition coefficient (Wildman–Crippen LogP) is 4.98. The third kappa shape index (κ3) is 2.19. The fraction of sp³-hybridized carbons (Fsp3) is 0.176. The Morgan fingerprint density at radius 3 is 2.47 bits per heavy atom. The molecule has 3 rings (SSSR count). The van der Waals surface area contributed by atoms with Crippen LogP contribution in [0.2, 0.25) is 0 Å². The van der Waals surface area contributed by atoms with Crippen LogP contribution in [0.15, 0.2) is 42.0 Å². The van der Waals surface area contributed by atoms with Crippen LogP contribution in [-0.4, -0.2) is 0 Å². The van der Waals surface area contributed by atoms with Crippen molar-refractivity contribution >= 4 is 6.08 Å². The maximum Gasteiger partial charge on any atom is 0.126 e. The van der Waals surface area contributed by atoms with E-state index in [0.29, 0.717) is 5.56 Å². The fourth-order valence-electron chi connectivity index (χ4n) is 2.63. The molecule has 0 radical (unpaired) electrons. The standard InChI is InChI=1S/C17H14F2/c1-2-11-6-12-4-3-5-16(17(12)7-11)13-8-14(18)10-15(19)9-13/h3-5,7-10H,2,6H2,1H3. The largest absolute Gasteiger partial charge is 0.207 e. The number of hydrogen-bond donors (Lipinski definition) is 0. The minimum atomic E-state index is -0.537. The van der Waals surface area contributed by atoms with Crippen LogP contribution >= 0.6 is 0 Å². The second-order valence-electron chi connectivity index (χ2n) is 4.87. The number of hydrogen-bond acceptors (Lipinski definition) is 0. The summed E-state index contributed by atoms with van der Waals surface area (Å²) >= 11 is 0. The highest BCUT2D eigenvalue weighted by Gasteiger charge is 2.16. The maximum atomic E-state index is 13.4. The molecule has 0 nitrogen and oxygen atoms in total. The van der Waals surface area contributed by atoms with Crippen molar-refractivity contribution in [3.05, 3.63) is 64.7 Å². The molecule has 0 unspecified atom stereocenters. The van der Waals surface area contributed by atoms with Crippen LogP contribution < -0.4 is 0 Å². The third-order valence-corrected chi connectivity index (χ3v) is 3.59. The molecule has 96 valence electrons. The van der Waals surface area contributed by atoms with E-state index in [-0.39, 0.29) is 0 Å². The van der Waals surface area contributed by atoms with Gasteiger partial charge in [-0.2, -0.15) is 0 Å². The summed E-state index contributed by atoms with van der Waals surface area (Å²) in [4.78, 5) is 0.